The van der Waals surface area contributed by atoms with Gasteiger partial charge in [-0.1, -0.05) is 35.3 Å². The molecule has 3 atom stereocenters. The van der Waals surface area contributed by atoms with E-state index >= 15 is 8.78 Å². The number of carbonyl (C=O) groups excluding carboxylic acids is 1. The Hall–Kier alpha value is -2.01. The number of nitrogens with zero attached hydrogens (tertiary/aromatic N) is 1. The van der Waals surface area contributed by atoms with Gasteiger partial charge in [-0.15, -0.1) is 0 Å². The van der Waals surface area contributed by atoms with E-state index in [0.717, 1.165) is 37.1 Å². The Labute approximate surface area is 248 Å². The van der Waals surface area contributed by atoms with Crippen molar-refractivity contribution in [2.75, 3.05) is 39.5 Å². The molecular weight excluding hydrogens is 577 g/mol. The SMILES string of the molecule is O=C(N[C@H](CN1CCCC1)[C@H](O)c1ccc(OCC2(O)CCOCC2)c(Cl)c1)C(F)(F)C1Cc2ccc(Cl)cc2C1. The summed E-state index contributed by atoms with van der Waals surface area (Å²) in [4.78, 5) is 15.1. The first kappa shape index (κ1) is 30.4. The highest BCUT2D eigenvalue weighted by Gasteiger charge is 2.50. The molecule has 2 aliphatic heterocycles. The van der Waals surface area contributed by atoms with Crippen molar-refractivity contribution >= 4 is 29.1 Å². The summed E-state index contributed by atoms with van der Waals surface area (Å²) >= 11 is 12.5. The van der Waals surface area contributed by atoms with E-state index in [1.54, 1.807) is 30.3 Å². The van der Waals surface area contributed by atoms with Gasteiger partial charge in [0.15, 0.2) is 0 Å². The Balaban J connectivity index is 1.28. The van der Waals surface area contributed by atoms with E-state index in [1.807, 2.05) is 4.90 Å². The molecule has 0 aromatic heterocycles. The monoisotopic (exact) mass is 612 g/mol. The van der Waals surface area contributed by atoms with E-state index in [4.69, 9.17) is 32.7 Å². The number of fused-ring (bicyclic) bond motifs is 1. The summed E-state index contributed by atoms with van der Waals surface area (Å²) in [6.07, 6.45) is 1.66. The third-order valence-corrected chi connectivity index (χ3v) is 9.02. The van der Waals surface area contributed by atoms with Crippen molar-refractivity contribution in [3.8, 4) is 5.75 Å². The van der Waals surface area contributed by atoms with Crippen LogP contribution < -0.4 is 10.1 Å². The van der Waals surface area contributed by atoms with Gasteiger partial charge in [-0.2, -0.15) is 8.78 Å². The molecule has 2 heterocycles. The zero-order valence-electron chi connectivity index (χ0n) is 22.8. The molecule has 1 amide bonds. The topological polar surface area (TPSA) is 91.3 Å². The van der Waals surface area contributed by atoms with Gasteiger partial charge in [0.05, 0.1) is 11.1 Å². The lowest BCUT2D eigenvalue weighted by atomic mass is 9.95. The molecule has 3 N–H and O–H groups in total. The number of halogens is 4. The second kappa shape index (κ2) is 12.7. The maximum Gasteiger partial charge on any atom is 0.327 e. The molecule has 2 fully saturated rings. The van der Waals surface area contributed by atoms with Gasteiger partial charge in [0.1, 0.15) is 24.1 Å². The molecule has 5 rings (SSSR count). The van der Waals surface area contributed by atoms with Gasteiger partial charge < -0.3 is 29.9 Å². The van der Waals surface area contributed by atoms with Crippen molar-refractivity contribution < 1.29 is 33.3 Å². The predicted molar refractivity (Wildman–Crippen MR) is 152 cm³/mol. The summed E-state index contributed by atoms with van der Waals surface area (Å²) in [5, 5.41) is 25.2. The molecule has 11 heteroatoms. The second-order valence-corrected chi connectivity index (χ2v) is 12.3. The second-order valence-electron chi connectivity index (χ2n) is 11.5. The van der Waals surface area contributed by atoms with E-state index in [2.05, 4.69) is 5.32 Å². The summed E-state index contributed by atoms with van der Waals surface area (Å²) in [5.74, 6) is -5.92. The molecule has 2 saturated heterocycles. The summed E-state index contributed by atoms with van der Waals surface area (Å²) in [7, 11) is 0. The van der Waals surface area contributed by atoms with E-state index < -0.39 is 35.5 Å². The fourth-order valence-corrected chi connectivity index (χ4v) is 6.36. The minimum atomic E-state index is -3.64. The normalized spacial score (nSPS) is 22.2. The van der Waals surface area contributed by atoms with Gasteiger partial charge in [-0.05, 0) is 79.7 Å². The number of amides is 1. The molecule has 0 bridgehead atoms. The Bertz CT molecular complexity index is 1240. The highest BCUT2D eigenvalue weighted by molar-refractivity contribution is 6.32. The average molecular weight is 614 g/mol. The molecule has 2 aromatic carbocycles. The van der Waals surface area contributed by atoms with Crippen molar-refractivity contribution in [2.45, 2.75) is 62.2 Å². The largest absolute Gasteiger partial charge is 0.489 e. The van der Waals surface area contributed by atoms with E-state index in [1.165, 1.54) is 6.07 Å². The van der Waals surface area contributed by atoms with Gasteiger partial charge in [-0.25, -0.2) is 0 Å². The van der Waals surface area contributed by atoms with Crippen LogP contribution in [0, 0.1) is 5.92 Å². The first-order valence-corrected chi connectivity index (χ1v) is 14.9. The fourth-order valence-electron chi connectivity index (χ4n) is 5.92. The number of ether oxygens (including phenoxy) is 2. The third-order valence-electron chi connectivity index (χ3n) is 8.48. The van der Waals surface area contributed by atoms with Gasteiger partial charge in [0.25, 0.3) is 5.91 Å². The van der Waals surface area contributed by atoms with Crippen LogP contribution in [0.25, 0.3) is 0 Å². The van der Waals surface area contributed by atoms with Gasteiger partial charge in [0, 0.05) is 43.5 Å². The number of hydrogen-bond acceptors (Lipinski definition) is 6. The van der Waals surface area contributed by atoms with E-state index in [9.17, 15) is 15.0 Å². The summed E-state index contributed by atoms with van der Waals surface area (Å²) < 4.78 is 42.1. The highest BCUT2D eigenvalue weighted by Crippen LogP contribution is 2.39. The molecular formula is C30H36Cl2F2N2O5. The Morgan fingerprint density at radius 2 is 1.83 bits per heavy atom. The maximum atomic E-state index is 15.5. The van der Waals surface area contributed by atoms with Gasteiger partial charge in [0.2, 0.25) is 0 Å². The zero-order valence-corrected chi connectivity index (χ0v) is 24.3. The Kier molecular flexibility index (Phi) is 9.43. The molecule has 1 aliphatic carbocycles. The number of carbonyl (C=O) groups is 1. The van der Waals surface area contributed by atoms with E-state index in [-0.39, 0.29) is 31.0 Å². The van der Waals surface area contributed by atoms with Crippen molar-refractivity contribution in [3.05, 3.63) is 63.1 Å². The van der Waals surface area contributed by atoms with Crippen LogP contribution >= 0.6 is 23.2 Å². The third kappa shape index (κ3) is 7.14. The number of rotatable bonds is 10. The molecule has 0 spiro atoms. The van der Waals surface area contributed by atoms with Crippen LogP contribution in [0.1, 0.15) is 48.5 Å². The number of likely N-dealkylation sites (tertiary alicyclic amines) is 1. The van der Waals surface area contributed by atoms with Gasteiger partial charge >= 0.3 is 5.92 Å². The van der Waals surface area contributed by atoms with Crippen LogP contribution in [-0.2, 0) is 22.4 Å². The Morgan fingerprint density at radius 1 is 1.12 bits per heavy atom. The first-order chi connectivity index (χ1) is 19.5. The van der Waals surface area contributed by atoms with Crippen molar-refractivity contribution in [3.63, 3.8) is 0 Å². The van der Waals surface area contributed by atoms with Crippen molar-refractivity contribution in [1.29, 1.82) is 0 Å². The smallest absolute Gasteiger partial charge is 0.327 e. The Morgan fingerprint density at radius 3 is 2.54 bits per heavy atom. The molecule has 3 aliphatic rings. The van der Waals surface area contributed by atoms with Crippen molar-refractivity contribution in [1.82, 2.24) is 10.2 Å². The van der Waals surface area contributed by atoms with Crippen LogP contribution in [0.2, 0.25) is 10.0 Å². The lowest BCUT2D eigenvalue weighted by Gasteiger charge is -2.32. The molecule has 41 heavy (non-hydrogen) atoms. The number of alkyl halides is 2. The van der Waals surface area contributed by atoms with Crippen LogP contribution in [0.5, 0.6) is 5.75 Å². The summed E-state index contributed by atoms with van der Waals surface area (Å²) in [6, 6.07) is 8.76. The number of hydrogen-bond donors (Lipinski definition) is 3. The standard InChI is InChI=1S/C30H36Cl2F2N2O5/c31-23-5-3-19-13-22(14-21(19)15-23)30(33,34)28(38)35-25(17-36-9-1-2-10-36)27(37)20-4-6-26(24(32)16-20)41-18-29(39)7-11-40-12-8-29/h3-6,15-16,22,25,27,37,39H,1-2,7-14,17-18H2,(H,35,38)/t22?,25-,27-/m1/s1. The molecule has 0 saturated carbocycles. The number of aliphatic hydroxyl groups is 2. The average Bonchev–Trinajstić information content (AvgIpc) is 3.62. The number of nitrogens with one attached hydrogen (secondary N) is 1. The van der Waals surface area contributed by atoms with Crippen molar-refractivity contribution in [2.24, 2.45) is 5.92 Å². The van der Waals surface area contributed by atoms with Gasteiger partial charge in [-0.3, -0.25) is 4.79 Å². The minimum absolute atomic E-state index is 0.0396. The molecule has 2 aromatic rings. The first-order valence-electron chi connectivity index (χ1n) is 14.1. The fraction of sp³-hybridized carbons (Fsp3) is 0.567. The van der Waals surface area contributed by atoms with E-state index in [0.29, 0.717) is 42.4 Å². The quantitative estimate of drug-likeness (QED) is 0.364. The van der Waals surface area contributed by atoms with Crippen LogP contribution in [-0.4, -0.2) is 78.0 Å². The minimum Gasteiger partial charge on any atom is -0.489 e. The molecule has 1 unspecified atom stereocenters. The summed E-state index contributed by atoms with van der Waals surface area (Å²) in [6.45, 7) is 2.67. The number of aliphatic hydroxyl groups excluding tert-OH is 1. The maximum absolute atomic E-state index is 15.5. The zero-order chi connectivity index (χ0) is 29.2. The number of benzene rings is 2. The van der Waals surface area contributed by atoms with Crippen LogP contribution in [0.15, 0.2) is 36.4 Å². The lowest BCUT2D eigenvalue weighted by Crippen LogP contribution is -2.54. The van der Waals surface area contributed by atoms with Crippen LogP contribution in [0.3, 0.4) is 0 Å². The lowest BCUT2D eigenvalue weighted by molar-refractivity contribution is -0.155. The highest BCUT2D eigenvalue weighted by atomic mass is 35.5. The van der Waals surface area contributed by atoms with Crippen LogP contribution in [0.4, 0.5) is 8.78 Å². The molecule has 0 radical (unpaired) electrons. The predicted octanol–water partition coefficient (Wildman–Crippen LogP) is 4.58. The molecule has 224 valence electrons. The molecule has 7 nitrogen and oxygen atoms in total. The summed E-state index contributed by atoms with van der Waals surface area (Å²) in [5.41, 5.74) is 0.844.